The van der Waals surface area contributed by atoms with Crippen molar-refractivity contribution in [2.45, 2.75) is 0 Å². The third-order valence-electron chi connectivity index (χ3n) is 13.6. The van der Waals surface area contributed by atoms with Crippen LogP contribution in [0.15, 0.2) is 231 Å². The Morgan fingerprint density at radius 3 is 0.932 bits per heavy atom. The minimum absolute atomic E-state index is 0.404. The van der Waals surface area contributed by atoms with Gasteiger partial charge < -0.3 is 9.80 Å². The topological polar surface area (TPSA) is 54.1 Å². The molecule has 0 amide bonds. The van der Waals surface area contributed by atoms with Crippen LogP contribution in [0.3, 0.4) is 0 Å². The van der Waals surface area contributed by atoms with Crippen LogP contribution in [0.5, 0.6) is 0 Å². The molecule has 0 N–H and O–H groups in total. The Balaban J connectivity index is 1.13. The van der Waals surface area contributed by atoms with Gasteiger partial charge in [-0.2, -0.15) is 10.5 Å². The molecule has 0 fully saturated rings. The SMILES string of the molecule is N#Cc1ccccc1N(c1cc(-c2cccc(F)c2)cc(-c2cccc(F)c2)c1)c1ccc2ccc3c(N(c4cc(-c5cccc(F)c5)cc(-c5cccc(F)c5)c4)c4ccccc4C#N)ccc4ccc1c2c43. The highest BCUT2D eigenvalue weighted by Crippen LogP contribution is 2.50. The monoisotopic (exact) mass is 962 g/mol. The Morgan fingerprint density at radius 1 is 0.284 bits per heavy atom. The predicted molar refractivity (Wildman–Crippen MR) is 291 cm³/mol. The Kier molecular flexibility index (Phi) is 11.4. The summed E-state index contributed by atoms with van der Waals surface area (Å²) in [6.45, 7) is 0. The van der Waals surface area contributed by atoms with E-state index < -0.39 is 23.3 Å². The smallest absolute Gasteiger partial charge is 0.123 e. The Bertz CT molecular complexity index is 3860. The van der Waals surface area contributed by atoms with E-state index in [1.165, 1.54) is 48.5 Å². The highest BCUT2D eigenvalue weighted by atomic mass is 19.1. The van der Waals surface area contributed by atoms with Gasteiger partial charge in [-0.25, -0.2) is 17.6 Å². The van der Waals surface area contributed by atoms with Gasteiger partial charge in [-0.15, -0.1) is 0 Å². The van der Waals surface area contributed by atoms with Crippen molar-refractivity contribution in [1.82, 2.24) is 0 Å². The van der Waals surface area contributed by atoms with Gasteiger partial charge in [0.05, 0.1) is 33.9 Å². The van der Waals surface area contributed by atoms with Crippen molar-refractivity contribution < 1.29 is 17.6 Å². The van der Waals surface area contributed by atoms with Crippen molar-refractivity contribution in [1.29, 1.82) is 10.5 Å². The number of hydrogen-bond acceptors (Lipinski definition) is 4. The molecule has 0 saturated heterocycles. The third-order valence-corrected chi connectivity index (χ3v) is 13.6. The maximum absolute atomic E-state index is 15.0. The van der Waals surface area contributed by atoms with Crippen LogP contribution in [0.2, 0.25) is 0 Å². The summed E-state index contributed by atoms with van der Waals surface area (Å²) in [5, 5.41) is 26.9. The lowest BCUT2D eigenvalue weighted by atomic mass is 9.91. The standard InChI is InChI=1S/C66H38F4N4/c67-53-15-5-11-43(31-53)49-29-50(44-12-6-16-54(68)32-44)36-57(35-49)73(61-19-3-1-9-47(61)39-71)63-27-23-41-22-26-60-64(28-24-42-21-25-59(63)65(41)66(42)60)74(62-20-4-2-10-48(62)40-72)58-37-51(45-13-7-17-55(69)33-45)30-52(38-58)46-14-8-18-56(70)34-46/h1-38H. The maximum Gasteiger partial charge on any atom is 0.123 e. The summed E-state index contributed by atoms with van der Waals surface area (Å²) in [5.74, 6) is -1.61. The van der Waals surface area contributed by atoms with E-state index in [1.54, 1.807) is 36.4 Å². The number of rotatable bonds is 10. The van der Waals surface area contributed by atoms with E-state index in [1.807, 2.05) is 119 Å². The lowest BCUT2D eigenvalue weighted by molar-refractivity contribution is 0.628. The highest BCUT2D eigenvalue weighted by molar-refractivity contribution is 6.28. The van der Waals surface area contributed by atoms with E-state index >= 15 is 0 Å². The molecule has 4 nitrogen and oxygen atoms in total. The van der Waals surface area contributed by atoms with E-state index in [4.69, 9.17) is 0 Å². The Morgan fingerprint density at radius 2 is 0.608 bits per heavy atom. The molecule has 0 aromatic heterocycles. The molecular weight excluding hydrogens is 925 g/mol. The number of benzene rings is 12. The van der Waals surface area contributed by atoms with Gasteiger partial charge in [0.1, 0.15) is 35.4 Å². The summed E-state index contributed by atoms with van der Waals surface area (Å²) in [7, 11) is 0. The molecule has 0 unspecified atom stereocenters. The van der Waals surface area contributed by atoms with Crippen molar-refractivity contribution in [3.63, 3.8) is 0 Å². The first-order valence-corrected chi connectivity index (χ1v) is 23.8. The molecule has 12 aromatic carbocycles. The fourth-order valence-corrected chi connectivity index (χ4v) is 10.3. The van der Waals surface area contributed by atoms with Crippen LogP contribution in [0.1, 0.15) is 11.1 Å². The molecule has 350 valence electrons. The molecule has 0 bridgehead atoms. The molecule has 0 heterocycles. The van der Waals surface area contributed by atoms with Crippen LogP contribution in [-0.4, -0.2) is 0 Å². The largest absolute Gasteiger partial charge is 0.308 e. The van der Waals surface area contributed by atoms with E-state index in [0.717, 1.165) is 43.7 Å². The Labute approximate surface area is 424 Å². The maximum atomic E-state index is 15.0. The quantitative estimate of drug-likeness (QED) is 0.101. The molecule has 0 aliphatic heterocycles. The number of nitrogens with zero attached hydrogens (tertiary/aromatic N) is 4. The number of halogens is 4. The zero-order valence-electron chi connectivity index (χ0n) is 39.2. The van der Waals surface area contributed by atoms with Gasteiger partial charge in [-0.1, -0.05) is 109 Å². The predicted octanol–water partition coefficient (Wildman–Crippen LogP) is 18.5. The second kappa shape index (κ2) is 18.6. The van der Waals surface area contributed by atoms with Gasteiger partial charge in [0.15, 0.2) is 0 Å². The van der Waals surface area contributed by atoms with Gasteiger partial charge in [-0.3, -0.25) is 0 Å². The van der Waals surface area contributed by atoms with Gasteiger partial charge >= 0.3 is 0 Å². The zero-order chi connectivity index (χ0) is 50.5. The fourth-order valence-electron chi connectivity index (χ4n) is 10.3. The normalized spacial score (nSPS) is 11.2. The first kappa shape index (κ1) is 45.1. The molecule has 0 spiro atoms. The molecule has 0 saturated carbocycles. The summed E-state index contributed by atoms with van der Waals surface area (Å²) in [6.07, 6.45) is 0. The van der Waals surface area contributed by atoms with E-state index in [-0.39, 0.29) is 0 Å². The number of para-hydroxylation sites is 2. The highest BCUT2D eigenvalue weighted by Gasteiger charge is 2.25. The van der Waals surface area contributed by atoms with E-state index in [2.05, 4.69) is 48.5 Å². The third kappa shape index (κ3) is 8.17. The van der Waals surface area contributed by atoms with Gasteiger partial charge in [-0.05, 0) is 187 Å². The summed E-state index contributed by atoms with van der Waals surface area (Å²) in [6, 6.07) is 73.1. The van der Waals surface area contributed by atoms with Crippen LogP contribution in [-0.2, 0) is 0 Å². The number of anilines is 6. The number of nitriles is 2. The average molecular weight is 963 g/mol. The van der Waals surface area contributed by atoms with Crippen LogP contribution >= 0.6 is 0 Å². The molecule has 0 atom stereocenters. The minimum Gasteiger partial charge on any atom is -0.308 e. The van der Waals surface area contributed by atoms with Gasteiger partial charge in [0.2, 0.25) is 0 Å². The van der Waals surface area contributed by atoms with Crippen LogP contribution < -0.4 is 9.80 Å². The van der Waals surface area contributed by atoms with E-state index in [0.29, 0.717) is 78.4 Å². The number of hydrogen-bond donors (Lipinski definition) is 0. The van der Waals surface area contributed by atoms with Crippen molar-refractivity contribution in [2.24, 2.45) is 0 Å². The molecule has 8 heteroatoms. The van der Waals surface area contributed by atoms with Crippen LogP contribution in [0.25, 0.3) is 76.8 Å². The summed E-state index contributed by atoms with van der Waals surface area (Å²) >= 11 is 0. The second-order valence-corrected chi connectivity index (χ2v) is 18.1. The molecule has 0 aliphatic rings. The zero-order valence-corrected chi connectivity index (χ0v) is 39.2. The van der Waals surface area contributed by atoms with Crippen molar-refractivity contribution in [3.8, 4) is 56.6 Å². The summed E-state index contributed by atoms with van der Waals surface area (Å²) in [4.78, 5) is 4.08. The second-order valence-electron chi connectivity index (χ2n) is 18.1. The van der Waals surface area contributed by atoms with Crippen LogP contribution in [0.4, 0.5) is 51.7 Å². The van der Waals surface area contributed by atoms with Gasteiger partial charge in [0.25, 0.3) is 0 Å². The van der Waals surface area contributed by atoms with Crippen LogP contribution in [0, 0.1) is 45.9 Å². The van der Waals surface area contributed by atoms with E-state index in [9.17, 15) is 28.1 Å². The summed E-state index contributed by atoms with van der Waals surface area (Å²) < 4.78 is 59.9. The first-order valence-electron chi connectivity index (χ1n) is 23.8. The molecule has 0 radical (unpaired) electrons. The molecule has 74 heavy (non-hydrogen) atoms. The molecule has 0 aliphatic carbocycles. The van der Waals surface area contributed by atoms with Crippen molar-refractivity contribution in [3.05, 3.63) is 265 Å². The van der Waals surface area contributed by atoms with Gasteiger partial charge in [0, 0.05) is 22.1 Å². The average Bonchev–Trinajstić information content (AvgIpc) is 3.44. The minimum atomic E-state index is -0.404. The van der Waals surface area contributed by atoms with Crippen molar-refractivity contribution >= 4 is 66.4 Å². The first-order chi connectivity index (χ1) is 36.2. The summed E-state index contributed by atoms with van der Waals surface area (Å²) in [5.41, 5.74) is 10.0. The lowest BCUT2D eigenvalue weighted by Crippen LogP contribution is -2.13. The molecular formula is C66H38F4N4. The lowest BCUT2D eigenvalue weighted by Gasteiger charge is -2.31. The molecule has 12 rings (SSSR count). The molecule has 12 aromatic rings. The van der Waals surface area contributed by atoms with Crippen molar-refractivity contribution in [2.75, 3.05) is 9.80 Å². The fraction of sp³-hybridized carbons (Fsp3) is 0. The Hall–Kier alpha value is -10.0.